The van der Waals surface area contributed by atoms with Crippen LogP contribution in [-0.4, -0.2) is 53.3 Å². The molecule has 12 N–H and O–H groups in total. The maximum Gasteiger partial charge on any atom is 0.280 e. The average Bonchev–Trinajstić information content (AvgIpc) is 2.79. The fourth-order valence-corrected chi connectivity index (χ4v) is 3.44. The van der Waals surface area contributed by atoms with Crippen molar-refractivity contribution < 1.29 is 9.59 Å². The Balaban J connectivity index is 1.76. The van der Waals surface area contributed by atoms with Crippen LogP contribution in [0.5, 0.6) is 0 Å². The smallest absolute Gasteiger partial charge is 0.280 e. The molecule has 2 rings (SSSR count). The summed E-state index contributed by atoms with van der Waals surface area (Å²) >= 11 is 0. The molecule has 0 aromatic carbocycles. The molecule has 1 aliphatic rings. The third-order valence-corrected chi connectivity index (χ3v) is 5.39. The van der Waals surface area contributed by atoms with Crippen LogP contribution >= 0.6 is 0 Å². The SMILES string of the molecule is Cc1nc(C(=O)NC(N)=NCCCCC2=CC=C(C(=O)NCCN=C(N)N)CC2C)c(N)nc1N. The van der Waals surface area contributed by atoms with Gasteiger partial charge in [0.15, 0.2) is 23.4 Å². The van der Waals surface area contributed by atoms with Crippen molar-refractivity contribution in [2.24, 2.45) is 33.1 Å². The minimum Gasteiger partial charge on any atom is -0.382 e. The number of hydrogen-bond acceptors (Lipinski definition) is 8. The fourth-order valence-electron chi connectivity index (χ4n) is 3.44. The van der Waals surface area contributed by atoms with Gasteiger partial charge < -0.3 is 34.0 Å². The molecule has 0 fully saturated rings. The summed E-state index contributed by atoms with van der Waals surface area (Å²) in [6, 6.07) is 0. The first-order valence-corrected chi connectivity index (χ1v) is 11.3. The predicted molar refractivity (Wildman–Crippen MR) is 137 cm³/mol. The number of unbranched alkanes of at least 4 members (excludes halogenated alkanes) is 1. The molecule has 1 aromatic heterocycles. The molecule has 13 nitrogen and oxygen atoms in total. The lowest BCUT2D eigenvalue weighted by molar-refractivity contribution is -0.117. The fraction of sp³-hybridized carbons (Fsp3) is 0.455. The first-order valence-electron chi connectivity index (χ1n) is 11.3. The summed E-state index contributed by atoms with van der Waals surface area (Å²) in [6.07, 6.45) is 7.11. The summed E-state index contributed by atoms with van der Waals surface area (Å²) in [5, 5.41) is 5.27. The normalized spacial score (nSPS) is 15.6. The number of nitrogen functional groups attached to an aromatic ring is 2. The van der Waals surface area contributed by atoms with E-state index in [-0.39, 0.29) is 41.1 Å². The van der Waals surface area contributed by atoms with E-state index in [1.807, 2.05) is 12.2 Å². The first-order chi connectivity index (χ1) is 16.6. The van der Waals surface area contributed by atoms with Crippen LogP contribution in [0.2, 0.25) is 0 Å². The lowest BCUT2D eigenvalue weighted by Crippen LogP contribution is -2.38. The molecule has 1 heterocycles. The molecule has 1 unspecified atom stereocenters. The van der Waals surface area contributed by atoms with Crippen LogP contribution in [0.15, 0.2) is 33.3 Å². The summed E-state index contributed by atoms with van der Waals surface area (Å²) in [5.41, 5.74) is 30.0. The van der Waals surface area contributed by atoms with Crippen molar-refractivity contribution in [3.05, 3.63) is 34.7 Å². The maximum atomic E-state index is 12.3. The van der Waals surface area contributed by atoms with Gasteiger partial charge in [0.25, 0.3) is 5.91 Å². The number of aliphatic imine (C=N–C) groups is 2. The number of hydrogen-bond donors (Lipinski definition) is 7. The topological polar surface area (TPSA) is 239 Å². The Morgan fingerprint density at radius 3 is 2.46 bits per heavy atom. The Bertz CT molecular complexity index is 1060. The number of rotatable bonds is 10. The molecule has 190 valence electrons. The van der Waals surface area contributed by atoms with Gasteiger partial charge in [0.05, 0.1) is 12.2 Å². The minimum atomic E-state index is -0.594. The van der Waals surface area contributed by atoms with Gasteiger partial charge in [-0.3, -0.25) is 24.9 Å². The van der Waals surface area contributed by atoms with Gasteiger partial charge in [-0.15, -0.1) is 0 Å². The largest absolute Gasteiger partial charge is 0.382 e. The van der Waals surface area contributed by atoms with Crippen molar-refractivity contribution in [1.82, 2.24) is 20.6 Å². The molecule has 13 heteroatoms. The van der Waals surface area contributed by atoms with Gasteiger partial charge in [-0.1, -0.05) is 24.6 Å². The van der Waals surface area contributed by atoms with Crippen LogP contribution in [0.1, 0.15) is 48.8 Å². The molecule has 0 saturated heterocycles. The Hall–Kier alpha value is -4.16. The zero-order valence-electron chi connectivity index (χ0n) is 20.2. The van der Waals surface area contributed by atoms with E-state index in [0.717, 1.165) is 24.8 Å². The van der Waals surface area contributed by atoms with Crippen LogP contribution in [-0.2, 0) is 4.79 Å². The Morgan fingerprint density at radius 1 is 1.03 bits per heavy atom. The summed E-state index contributed by atoms with van der Waals surface area (Å²) in [4.78, 5) is 40.5. The van der Waals surface area contributed by atoms with Crippen LogP contribution in [0, 0.1) is 12.8 Å². The highest BCUT2D eigenvalue weighted by atomic mass is 16.2. The molecule has 0 aliphatic heterocycles. The number of carbonyl (C=O) groups excluding carboxylic acids is 2. The number of nitrogens with two attached hydrogens (primary N) is 5. The van der Waals surface area contributed by atoms with E-state index in [1.165, 1.54) is 5.57 Å². The highest BCUT2D eigenvalue weighted by molar-refractivity contribution is 6.06. The van der Waals surface area contributed by atoms with Crippen molar-refractivity contribution >= 4 is 35.4 Å². The van der Waals surface area contributed by atoms with Crippen molar-refractivity contribution in [1.29, 1.82) is 0 Å². The number of aromatic nitrogens is 2. The number of allylic oxidation sites excluding steroid dienone is 3. The van der Waals surface area contributed by atoms with Gasteiger partial charge >= 0.3 is 0 Å². The first kappa shape index (κ1) is 27.1. The summed E-state index contributed by atoms with van der Waals surface area (Å²) < 4.78 is 0. The average molecular weight is 486 g/mol. The van der Waals surface area contributed by atoms with Crippen LogP contribution in [0.4, 0.5) is 11.6 Å². The Labute approximate surface area is 204 Å². The van der Waals surface area contributed by atoms with Gasteiger partial charge in [-0.2, -0.15) is 0 Å². The molecule has 0 saturated carbocycles. The molecule has 0 spiro atoms. The molecule has 1 atom stereocenters. The van der Waals surface area contributed by atoms with E-state index in [2.05, 4.69) is 37.5 Å². The maximum absolute atomic E-state index is 12.3. The molecule has 0 radical (unpaired) electrons. The predicted octanol–water partition coefficient (Wildman–Crippen LogP) is -0.554. The van der Waals surface area contributed by atoms with Crippen LogP contribution in [0.3, 0.4) is 0 Å². The number of aryl methyl sites for hydroxylation is 1. The molecule has 2 amide bonds. The van der Waals surface area contributed by atoms with Gasteiger partial charge in [0, 0.05) is 18.7 Å². The molecule has 1 aliphatic carbocycles. The van der Waals surface area contributed by atoms with E-state index in [4.69, 9.17) is 28.7 Å². The van der Waals surface area contributed by atoms with E-state index in [9.17, 15) is 9.59 Å². The van der Waals surface area contributed by atoms with Gasteiger partial charge in [0.2, 0.25) is 5.91 Å². The van der Waals surface area contributed by atoms with Gasteiger partial charge in [-0.25, -0.2) is 9.97 Å². The second-order valence-electron chi connectivity index (χ2n) is 8.21. The number of nitrogens with zero attached hydrogens (tertiary/aromatic N) is 4. The van der Waals surface area contributed by atoms with Gasteiger partial charge in [-0.05, 0) is 38.5 Å². The van der Waals surface area contributed by atoms with Crippen LogP contribution in [0.25, 0.3) is 0 Å². The second-order valence-corrected chi connectivity index (χ2v) is 8.21. The van der Waals surface area contributed by atoms with Gasteiger partial charge in [0.1, 0.15) is 5.82 Å². The quantitative estimate of drug-likeness (QED) is 0.127. The molecule has 0 bridgehead atoms. The molecular formula is C22H35N11O2. The lowest BCUT2D eigenvalue weighted by Gasteiger charge is -2.21. The van der Waals surface area contributed by atoms with E-state index in [0.29, 0.717) is 31.7 Å². The third-order valence-electron chi connectivity index (χ3n) is 5.39. The van der Waals surface area contributed by atoms with Crippen molar-refractivity contribution in [2.45, 2.75) is 39.5 Å². The number of nitrogens with one attached hydrogen (secondary N) is 2. The third kappa shape index (κ3) is 8.61. The lowest BCUT2D eigenvalue weighted by atomic mass is 9.85. The standard InChI is InChI=1S/C22H35N11O2/c1-12-11-15(19(34)28-9-10-29-21(25)26)7-6-14(12)5-3-4-8-30-22(27)33-20(35)16-18(24)32-17(23)13(2)31-16/h6-7,12H,3-5,8-11H2,1-2H3,(H,28,34)(H4,23,24,32)(H4,25,26,29)(H3,27,30,33,35). The highest BCUT2D eigenvalue weighted by Crippen LogP contribution is 2.28. The summed E-state index contributed by atoms with van der Waals surface area (Å²) in [6.45, 7) is 4.91. The highest BCUT2D eigenvalue weighted by Gasteiger charge is 2.19. The number of anilines is 2. The number of amides is 2. The Morgan fingerprint density at radius 2 is 1.77 bits per heavy atom. The molecular weight excluding hydrogens is 450 g/mol. The zero-order chi connectivity index (χ0) is 26.0. The van der Waals surface area contributed by atoms with E-state index in [1.54, 1.807) is 6.92 Å². The Kier molecular flexibility index (Phi) is 9.99. The van der Waals surface area contributed by atoms with E-state index < -0.39 is 5.91 Å². The van der Waals surface area contributed by atoms with Crippen molar-refractivity contribution in [2.75, 3.05) is 31.1 Å². The van der Waals surface area contributed by atoms with Crippen molar-refractivity contribution in [3.8, 4) is 0 Å². The zero-order valence-corrected chi connectivity index (χ0v) is 20.2. The molecule has 35 heavy (non-hydrogen) atoms. The molecule has 1 aromatic rings. The number of guanidine groups is 2. The second kappa shape index (κ2) is 12.9. The summed E-state index contributed by atoms with van der Waals surface area (Å²) in [7, 11) is 0. The minimum absolute atomic E-state index is 0.00345. The van der Waals surface area contributed by atoms with Crippen molar-refractivity contribution in [3.63, 3.8) is 0 Å². The summed E-state index contributed by atoms with van der Waals surface area (Å²) in [5.74, 6) is -0.360. The number of carbonyl (C=O) groups is 2. The van der Waals surface area contributed by atoms with Crippen LogP contribution < -0.4 is 39.3 Å². The monoisotopic (exact) mass is 485 g/mol. The van der Waals surface area contributed by atoms with E-state index >= 15 is 0 Å².